The summed E-state index contributed by atoms with van der Waals surface area (Å²) in [7, 11) is 0. The molecule has 2 aromatic rings. The summed E-state index contributed by atoms with van der Waals surface area (Å²) in [5.41, 5.74) is 4.99. The van der Waals surface area contributed by atoms with Gasteiger partial charge in [0.1, 0.15) is 0 Å². The summed E-state index contributed by atoms with van der Waals surface area (Å²) in [5, 5.41) is 2.45. The molecule has 0 aliphatic heterocycles. The van der Waals surface area contributed by atoms with Gasteiger partial charge in [0, 0.05) is 0 Å². The van der Waals surface area contributed by atoms with Crippen molar-refractivity contribution >= 4 is 17.4 Å². The highest BCUT2D eigenvalue weighted by Crippen LogP contribution is 2.29. The van der Waals surface area contributed by atoms with E-state index >= 15 is 0 Å². The molecule has 1 aliphatic rings. The Labute approximate surface area is 136 Å². The molecule has 112 valence electrons. The Bertz CT molecular complexity index is 683. The van der Waals surface area contributed by atoms with Crippen molar-refractivity contribution in [1.29, 1.82) is 0 Å². The minimum absolute atomic E-state index is 0.295. The van der Waals surface area contributed by atoms with Gasteiger partial charge in [-0.1, -0.05) is 54.1 Å². The smallest absolute Gasteiger partial charge is 0.0726 e. The van der Waals surface area contributed by atoms with E-state index in [1.165, 1.54) is 22.3 Å². The molecule has 0 heterocycles. The maximum Gasteiger partial charge on any atom is 0.0726 e. The van der Waals surface area contributed by atoms with Crippen molar-refractivity contribution in [3.8, 4) is 11.1 Å². The first kappa shape index (κ1) is 15.1. The lowest BCUT2D eigenvalue weighted by Gasteiger charge is -2.31. The third-order valence-corrected chi connectivity index (χ3v) is 4.27. The summed E-state index contributed by atoms with van der Waals surface area (Å²) in [4.78, 5) is 4.09. The normalized spacial score (nSPS) is 20.0. The van der Waals surface area contributed by atoms with Crippen molar-refractivity contribution in [1.82, 2.24) is 0 Å². The van der Waals surface area contributed by atoms with E-state index in [1.54, 1.807) is 0 Å². The Morgan fingerprint density at radius 3 is 2.59 bits per heavy atom. The number of aryl methyl sites for hydroxylation is 1. The third-order valence-electron chi connectivity index (χ3n) is 4.16. The van der Waals surface area contributed by atoms with E-state index in [-0.39, 0.29) is 0 Å². The second-order valence-corrected chi connectivity index (χ2v) is 5.98. The predicted octanol–water partition coefficient (Wildman–Crippen LogP) is 4.81. The molecule has 22 heavy (non-hydrogen) atoms. The van der Waals surface area contributed by atoms with Crippen LogP contribution in [0.25, 0.3) is 11.1 Å². The second kappa shape index (κ2) is 6.97. The molecule has 3 heteroatoms. The van der Waals surface area contributed by atoms with Crippen LogP contribution >= 0.6 is 12.2 Å². The Balaban J connectivity index is 1.67. The number of benzene rings is 2. The maximum absolute atomic E-state index is 6.00. The third kappa shape index (κ3) is 3.50. The van der Waals surface area contributed by atoms with E-state index < -0.39 is 0 Å². The summed E-state index contributed by atoms with van der Waals surface area (Å²) in [5.74, 6) is 0. The predicted molar refractivity (Wildman–Crippen MR) is 93.2 cm³/mol. The van der Waals surface area contributed by atoms with Crippen molar-refractivity contribution in [2.75, 3.05) is 0 Å². The molecule has 0 unspecified atom stereocenters. The topological polar surface area (TPSA) is 21.6 Å². The SMILES string of the molecule is Cc1ccc(-c2ccccc2CO[C@H]2C[C@H](N=C=S)C2)cc1. The molecule has 1 fully saturated rings. The zero-order valence-corrected chi connectivity index (χ0v) is 13.5. The highest BCUT2D eigenvalue weighted by molar-refractivity contribution is 7.78. The summed E-state index contributed by atoms with van der Waals surface area (Å²) in [6, 6.07) is 17.4. The summed E-state index contributed by atoms with van der Waals surface area (Å²) in [6.07, 6.45) is 2.20. The molecule has 0 atom stereocenters. The van der Waals surface area contributed by atoms with Crippen LogP contribution in [0.4, 0.5) is 0 Å². The van der Waals surface area contributed by atoms with Crippen LogP contribution in [0.15, 0.2) is 53.5 Å². The van der Waals surface area contributed by atoms with Gasteiger partial charge in [-0.2, -0.15) is 0 Å². The monoisotopic (exact) mass is 309 g/mol. The van der Waals surface area contributed by atoms with Crippen molar-refractivity contribution in [2.24, 2.45) is 4.99 Å². The number of nitrogens with zero attached hydrogens (tertiary/aromatic N) is 1. The lowest BCUT2D eigenvalue weighted by molar-refractivity contribution is -0.0180. The number of hydrogen-bond donors (Lipinski definition) is 0. The van der Waals surface area contributed by atoms with Crippen LogP contribution in [-0.4, -0.2) is 17.3 Å². The lowest BCUT2D eigenvalue weighted by atomic mass is 9.90. The number of aliphatic imine (C=N–C) groups is 1. The number of ether oxygens (including phenoxy) is 1. The van der Waals surface area contributed by atoms with E-state index in [0.29, 0.717) is 18.8 Å². The first-order chi connectivity index (χ1) is 10.8. The molecule has 1 saturated carbocycles. The Morgan fingerprint density at radius 1 is 1.14 bits per heavy atom. The molecular weight excluding hydrogens is 290 g/mol. The summed E-state index contributed by atoms with van der Waals surface area (Å²) < 4.78 is 6.00. The molecule has 2 aromatic carbocycles. The van der Waals surface area contributed by atoms with Crippen LogP contribution in [0.2, 0.25) is 0 Å². The minimum Gasteiger partial charge on any atom is -0.373 e. The largest absolute Gasteiger partial charge is 0.373 e. The Kier molecular flexibility index (Phi) is 4.79. The fraction of sp³-hybridized carbons (Fsp3) is 0.316. The molecule has 0 amide bonds. The van der Waals surface area contributed by atoms with E-state index in [2.05, 4.69) is 77.8 Å². The van der Waals surface area contributed by atoms with Crippen molar-refractivity contribution in [3.63, 3.8) is 0 Å². The highest BCUT2D eigenvalue weighted by atomic mass is 32.1. The number of rotatable bonds is 5. The molecular formula is C19H19NOS. The van der Waals surface area contributed by atoms with Gasteiger partial charge in [0.05, 0.1) is 23.9 Å². The average molecular weight is 309 g/mol. The number of isothiocyanates is 1. The first-order valence-corrected chi connectivity index (χ1v) is 8.00. The van der Waals surface area contributed by atoms with E-state index in [1.807, 2.05) is 0 Å². The summed E-state index contributed by atoms with van der Waals surface area (Å²) in [6.45, 7) is 2.75. The van der Waals surface area contributed by atoms with Gasteiger partial charge in [0.2, 0.25) is 0 Å². The van der Waals surface area contributed by atoms with E-state index in [9.17, 15) is 0 Å². The van der Waals surface area contributed by atoms with Crippen molar-refractivity contribution < 1.29 is 4.74 Å². The quantitative estimate of drug-likeness (QED) is 0.584. The minimum atomic E-state index is 0.295. The molecule has 0 aromatic heterocycles. The van der Waals surface area contributed by atoms with Gasteiger partial charge < -0.3 is 4.74 Å². The molecule has 0 spiro atoms. The number of thiocarbonyl (C=S) groups is 1. The molecule has 2 nitrogen and oxygen atoms in total. The average Bonchev–Trinajstić information content (AvgIpc) is 2.51. The van der Waals surface area contributed by atoms with Crippen molar-refractivity contribution in [2.45, 2.75) is 38.5 Å². The fourth-order valence-corrected chi connectivity index (χ4v) is 2.87. The van der Waals surface area contributed by atoms with Crippen LogP contribution in [0.3, 0.4) is 0 Å². The second-order valence-electron chi connectivity index (χ2n) is 5.80. The van der Waals surface area contributed by atoms with Crippen molar-refractivity contribution in [3.05, 3.63) is 59.7 Å². The summed E-state index contributed by atoms with van der Waals surface area (Å²) >= 11 is 4.63. The molecule has 0 bridgehead atoms. The molecule has 0 N–H and O–H groups in total. The van der Waals surface area contributed by atoms with Gasteiger partial charge in [-0.05, 0) is 48.7 Å². The van der Waals surface area contributed by atoms with Crippen LogP contribution in [0, 0.1) is 6.92 Å². The van der Waals surface area contributed by atoms with E-state index in [4.69, 9.17) is 4.74 Å². The highest BCUT2D eigenvalue weighted by Gasteiger charge is 2.29. The van der Waals surface area contributed by atoms with E-state index in [0.717, 1.165) is 12.8 Å². The molecule has 1 aliphatic carbocycles. The van der Waals surface area contributed by atoms with Gasteiger partial charge in [0.15, 0.2) is 0 Å². The maximum atomic E-state index is 6.00. The zero-order chi connectivity index (χ0) is 15.4. The van der Waals surface area contributed by atoms with Crippen LogP contribution in [0.5, 0.6) is 0 Å². The standard InChI is InChI=1S/C19H19NOS/c1-14-6-8-15(9-7-14)19-5-3-2-4-16(19)12-21-18-10-17(11-18)20-13-22/h2-9,17-18H,10-12H2,1H3/t17-,18-. The lowest BCUT2D eigenvalue weighted by Crippen LogP contribution is -2.34. The van der Waals surface area contributed by atoms with Crippen LogP contribution in [-0.2, 0) is 11.3 Å². The Morgan fingerprint density at radius 2 is 1.86 bits per heavy atom. The van der Waals surface area contributed by atoms with Crippen LogP contribution < -0.4 is 0 Å². The first-order valence-electron chi connectivity index (χ1n) is 7.60. The van der Waals surface area contributed by atoms with Gasteiger partial charge in [-0.15, -0.1) is 0 Å². The fourth-order valence-electron chi connectivity index (χ4n) is 2.72. The molecule has 3 rings (SSSR count). The molecule has 0 radical (unpaired) electrons. The number of hydrogen-bond acceptors (Lipinski definition) is 3. The van der Waals surface area contributed by atoms with Crippen LogP contribution in [0.1, 0.15) is 24.0 Å². The zero-order valence-electron chi connectivity index (χ0n) is 12.7. The molecule has 0 saturated heterocycles. The van der Waals surface area contributed by atoms with Gasteiger partial charge in [0.25, 0.3) is 0 Å². The van der Waals surface area contributed by atoms with Gasteiger partial charge in [-0.25, -0.2) is 4.99 Å². The van der Waals surface area contributed by atoms with Gasteiger partial charge >= 0.3 is 0 Å². The van der Waals surface area contributed by atoms with Gasteiger partial charge in [-0.3, -0.25) is 0 Å². The Hall–Kier alpha value is -1.80.